The van der Waals surface area contributed by atoms with Crippen LogP contribution in [0.3, 0.4) is 0 Å². The Morgan fingerprint density at radius 3 is 1.42 bits per heavy atom. The molecule has 0 aliphatic rings. The molecule has 0 unspecified atom stereocenters. The minimum Gasteiger partial charge on any atom is -0.225 e. The van der Waals surface area contributed by atoms with Crippen LogP contribution in [0, 0.1) is 0 Å². The predicted molar refractivity (Wildman–Crippen MR) is 75.0 cm³/mol. The third-order valence-corrected chi connectivity index (χ3v) is 3.12. The van der Waals surface area contributed by atoms with Crippen molar-refractivity contribution in [2.24, 2.45) is 0 Å². The van der Waals surface area contributed by atoms with E-state index in [9.17, 15) is 5.53 Å². The Balaban J connectivity index is 2.15. The van der Waals surface area contributed by atoms with Crippen molar-refractivity contribution < 1.29 is 5.22 Å². The number of benzene rings is 2. The second-order valence-corrected chi connectivity index (χ2v) is 4.27. The topological polar surface area (TPSA) is 41.2 Å². The van der Waals surface area contributed by atoms with Gasteiger partial charge in [0.05, 0.1) is 0 Å². The Bertz CT molecular complexity index is 628. The summed E-state index contributed by atoms with van der Waals surface area (Å²) in [6, 6.07) is 23.9. The first-order valence-corrected chi connectivity index (χ1v) is 6.13. The summed E-state index contributed by atoms with van der Waals surface area (Å²) in [6.45, 7) is 0. The Morgan fingerprint density at radius 2 is 1.05 bits per heavy atom. The first-order chi connectivity index (χ1) is 9.40. The van der Waals surface area contributed by atoms with Crippen LogP contribution in [0.5, 0.6) is 0 Å². The highest BCUT2D eigenvalue weighted by atomic mass is 15.4. The first-order valence-electron chi connectivity index (χ1n) is 6.13. The van der Waals surface area contributed by atoms with E-state index in [1.54, 1.807) is 4.68 Å². The van der Waals surface area contributed by atoms with Crippen LogP contribution in [-0.4, -0.2) is 4.68 Å². The zero-order chi connectivity index (χ0) is 13.1. The highest BCUT2D eigenvalue weighted by molar-refractivity contribution is 5.68. The van der Waals surface area contributed by atoms with Crippen molar-refractivity contribution >= 4 is 0 Å². The molecule has 0 aliphatic heterocycles. The maximum absolute atomic E-state index is 9.42. The summed E-state index contributed by atoms with van der Waals surface area (Å²) in [7, 11) is 0. The molecule has 2 aromatic carbocycles. The molecule has 3 aromatic rings. The van der Waals surface area contributed by atoms with Crippen molar-refractivity contribution in [3.63, 3.8) is 0 Å². The van der Waals surface area contributed by atoms with Gasteiger partial charge in [0.15, 0.2) is 0 Å². The molecule has 0 aliphatic carbocycles. The van der Waals surface area contributed by atoms with Gasteiger partial charge in [0.1, 0.15) is 0 Å². The van der Waals surface area contributed by atoms with Crippen molar-refractivity contribution in [1.82, 2.24) is 4.68 Å². The number of rotatable bonds is 3. The number of hydrogen-bond donors (Lipinski definition) is 1. The number of aromatic nitrogens is 1. The average Bonchev–Trinajstić information content (AvgIpc) is 2.93. The normalized spacial score (nSPS) is 10.3. The Kier molecular flexibility index (Phi) is 2.94. The zero-order valence-electron chi connectivity index (χ0n) is 10.3. The molecule has 0 saturated heterocycles. The third kappa shape index (κ3) is 2.06. The summed E-state index contributed by atoms with van der Waals surface area (Å²) in [4.78, 5) is 0. The average molecular weight is 247 g/mol. The van der Waals surface area contributed by atoms with E-state index < -0.39 is 0 Å². The van der Waals surface area contributed by atoms with Crippen LogP contribution in [0.2, 0.25) is 0 Å². The largest absolute Gasteiger partial charge is 0.225 e. The maximum Gasteiger partial charge on any atom is 0.0256 e. The highest BCUT2D eigenvalue weighted by Crippen LogP contribution is 2.25. The van der Waals surface area contributed by atoms with Gasteiger partial charge in [-0.2, -0.15) is 10.8 Å². The lowest BCUT2D eigenvalue weighted by Crippen LogP contribution is -2.68. The van der Waals surface area contributed by atoms with E-state index in [-0.39, 0.29) is 0 Å². The van der Waals surface area contributed by atoms with Crippen LogP contribution in [0.1, 0.15) is 0 Å². The Labute approximate surface area is 111 Å². The molecule has 0 spiro atoms. The number of nitrogens with one attached hydrogen (secondary N) is 1. The summed E-state index contributed by atoms with van der Waals surface area (Å²) >= 11 is 0. The minimum atomic E-state index is 0.918. The van der Waals surface area contributed by atoms with E-state index in [1.807, 2.05) is 72.8 Å². The molecule has 1 aromatic heterocycles. The van der Waals surface area contributed by atoms with Crippen LogP contribution in [0.4, 0.5) is 0 Å². The molecule has 3 heteroatoms. The summed E-state index contributed by atoms with van der Waals surface area (Å²) in [5.74, 6) is 0. The molecule has 3 rings (SSSR count). The second-order valence-electron chi connectivity index (χ2n) is 4.27. The van der Waals surface area contributed by atoms with Crippen LogP contribution < -0.4 is 5.22 Å². The van der Waals surface area contributed by atoms with Crippen molar-refractivity contribution in [3.8, 4) is 22.5 Å². The summed E-state index contributed by atoms with van der Waals surface area (Å²) in [5.41, 5.74) is 13.4. The van der Waals surface area contributed by atoms with Crippen molar-refractivity contribution in [2.45, 2.75) is 0 Å². The van der Waals surface area contributed by atoms with E-state index in [2.05, 4.69) is 5.22 Å². The van der Waals surface area contributed by atoms with E-state index >= 15 is 0 Å². The van der Waals surface area contributed by atoms with Gasteiger partial charge in [-0.1, -0.05) is 72.8 Å². The van der Waals surface area contributed by atoms with Gasteiger partial charge in [-0.05, 0) is 11.1 Å². The standard InChI is InChI=1S/C16H13N3/c17-18-19-15(13-7-3-1-4-8-13)11-12-16(19)14-9-5-2-6-10-14/h1-12,18H. The second kappa shape index (κ2) is 4.90. The fourth-order valence-electron chi connectivity index (χ4n) is 2.21. The van der Waals surface area contributed by atoms with Gasteiger partial charge >= 0.3 is 0 Å². The number of nitrogens with zero attached hydrogens (tertiary/aromatic N) is 2. The van der Waals surface area contributed by atoms with Crippen LogP contribution in [0.15, 0.2) is 72.8 Å². The molecule has 1 heterocycles. The van der Waals surface area contributed by atoms with Gasteiger partial charge in [-0.25, -0.2) is 4.68 Å². The van der Waals surface area contributed by atoms with Gasteiger partial charge < -0.3 is 0 Å². The number of hydrogen-bond acceptors (Lipinski definition) is 0. The fourth-order valence-corrected chi connectivity index (χ4v) is 2.21. The Morgan fingerprint density at radius 1 is 0.632 bits per heavy atom. The fraction of sp³-hybridized carbons (Fsp3) is 0. The molecule has 1 N–H and O–H groups in total. The van der Waals surface area contributed by atoms with Gasteiger partial charge in [-0.3, -0.25) is 0 Å². The maximum atomic E-state index is 9.42. The van der Waals surface area contributed by atoms with Gasteiger partial charge in [0.25, 0.3) is 0 Å². The quantitative estimate of drug-likeness (QED) is 0.691. The zero-order valence-corrected chi connectivity index (χ0v) is 10.3. The molecule has 0 amide bonds. The molecule has 0 atom stereocenters. The predicted octanol–water partition coefficient (Wildman–Crippen LogP) is 2.69. The SMILES string of the molecule is [N-]=[NH+]n1c(-c2ccccc2)ccc1-c1ccccc1. The molecule has 0 fully saturated rings. The molecule has 0 bridgehead atoms. The molecule has 92 valence electrons. The van der Waals surface area contributed by atoms with Crippen LogP contribution in [0.25, 0.3) is 28.0 Å². The van der Waals surface area contributed by atoms with Crippen LogP contribution in [-0.2, 0) is 0 Å². The Hall–Kier alpha value is -2.68. The van der Waals surface area contributed by atoms with E-state index in [4.69, 9.17) is 0 Å². The molecule has 0 saturated carbocycles. The smallest absolute Gasteiger partial charge is 0.0256 e. The van der Waals surface area contributed by atoms with Crippen molar-refractivity contribution in [1.29, 1.82) is 0 Å². The molecule has 3 nitrogen and oxygen atoms in total. The molecular weight excluding hydrogens is 234 g/mol. The third-order valence-electron chi connectivity index (χ3n) is 3.12. The first kappa shape index (κ1) is 11.4. The minimum absolute atomic E-state index is 0.918. The lowest BCUT2D eigenvalue weighted by molar-refractivity contribution is -0.542. The summed E-state index contributed by atoms with van der Waals surface area (Å²) in [6.07, 6.45) is 0. The summed E-state index contributed by atoms with van der Waals surface area (Å²) < 4.78 is 1.67. The molecule has 0 radical (unpaired) electrons. The van der Waals surface area contributed by atoms with Gasteiger partial charge in [0.2, 0.25) is 0 Å². The highest BCUT2D eigenvalue weighted by Gasteiger charge is 2.07. The van der Waals surface area contributed by atoms with Crippen molar-refractivity contribution in [3.05, 3.63) is 78.3 Å². The van der Waals surface area contributed by atoms with E-state index in [0.717, 1.165) is 22.5 Å². The molecular formula is C16H13N3. The summed E-state index contributed by atoms with van der Waals surface area (Å²) in [5, 5.41) is 2.26. The van der Waals surface area contributed by atoms with Gasteiger partial charge in [-0.15, -0.1) is 0 Å². The van der Waals surface area contributed by atoms with Crippen LogP contribution >= 0.6 is 0 Å². The molecule has 19 heavy (non-hydrogen) atoms. The lowest BCUT2D eigenvalue weighted by atomic mass is 10.2. The van der Waals surface area contributed by atoms with Crippen molar-refractivity contribution in [2.75, 3.05) is 0 Å². The monoisotopic (exact) mass is 247 g/mol. The lowest BCUT2D eigenvalue weighted by Gasteiger charge is -2.09. The van der Waals surface area contributed by atoms with E-state index in [0.29, 0.717) is 0 Å². The van der Waals surface area contributed by atoms with E-state index in [1.165, 1.54) is 0 Å². The van der Waals surface area contributed by atoms with Gasteiger partial charge in [0, 0.05) is 11.4 Å².